The summed E-state index contributed by atoms with van der Waals surface area (Å²) in [4.78, 5) is 35.3. The highest BCUT2D eigenvalue weighted by Gasteiger charge is 2.45. The highest BCUT2D eigenvalue weighted by molar-refractivity contribution is 5.91. The van der Waals surface area contributed by atoms with Crippen LogP contribution < -0.4 is 0 Å². The van der Waals surface area contributed by atoms with Crippen molar-refractivity contribution in [3.63, 3.8) is 0 Å². The molecule has 0 aromatic rings. The summed E-state index contributed by atoms with van der Waals surface area (Å²) in [7, 11) is 1.44. The number of ether oxygens (including phenoxy) is 3. The lowest BCUT2D eigenvalue weighted by Crippen LogP contribution is -2.40. The molecule has 0 bridgehead atoms. The fraction of sp³-hybridized carbons (Fsp3) is 0.821. The number of cyclic esters (lactones) is 1. The molecule has 1 N–H and O–H groups in total. The molecule has 0 spiro atoms. The molecular formula is C28H48O7. The Balaban J connectivity index is 2.08. The molecule has 1 saturated heterocycles. The van der Waals surface area contributed by atoms with Gasteiger partial charge in [0.1, 0.15) is 6.61 Å². The zero-order valence-electron chi connectivity index (χ0n) is 22.5. The Morgan fingerprint density at radius 2 is 1.46 bits per heavy atom. The van der Waals surface area contributed by atoms with Gasteiger partial charge in [-0.1, -0.05) is 70.3 Å². The SMILES string of the molecule is COC(=O)CCCCCCCCCCCCCC/C=C1\CC(CO)(COC(=O)C(C)(C)C)OC1=O. The number of esters is 3. The molecule has 0 saturated carbocycles. The van der Waals surface area contributed by atoms with Gasteiger partial charge in [-0.3, -0.25) is 9.59 Å². The fourth-order valence-corrected chi connectivity index (χ4v) is 4.06. The monoisotopic (exact) mass is 496 g/mol. The second kappa shape index (κ2) is 16.7. The van der Waals surface area contributed by atoms with E-state index in [0.717, 1.165) is 32.1 Å². The molecule has 202 valence electrons. The van der Waals surface area contributed by atoms with Gasteiger partial charge in [0.15, 0.2) is 5.60 Å². The van der Waals surface area contributed by atoms with Crippen LogP contribution in [0.3, 0.4) is 0 Å². The molecule has 0 radical (unpaired) electrons. The van der Waals surface area contributed by atoms with Crippen molar-refractivity contribution < 1.29 is 33.7 Å². The van der Waals surface area contributed by atoms with Gasteiger partial charge in [0.2, 0.25) is 0 Å². The van der Waals surface area contributed by atoms with Crippen molar-refractivity contribution in [3.8, 4) is 0 Å². The third-order valence-corrected chi connectivity index (χ3v) is 6.40. The summed E-state index contributed by atoms with van der Waals surface area (Å²) in [5, 5.41) is 9.78. The van der Waals surface area contributed by atoms with Gasteiger partial charge in [-0.2, -0.15) is 0 Å². The van der Waals surface area contributed by atoms with E-state index in [2.05, 4.69) is 4.74 Å². The van der Waals surface area contributed by atoms with Gasteiger partial charge in [-0.25, -0.2) is 4.79 Å². The average molecular weight is 497 g/mol. The third kappa shape index (κ3) is 13.1. The number of hydrogen-bond donors (Lipinski definition) is 1. The fourth-order valence-electron chi connectivity index (χ4n) is 4.06. The first-order chi connectivity index (χ1) is 16.6. The smallest absolute Gasteiger partial charge is 0.334 e. The molecule has 1 atom stereocenters. The molecule has 0 aromatic heterocycles. The van der Waals surface area contributed by atoms with E-state index < -0.39 is 17.0 Å². The lowest BCUT2D eigenvalue weighted by Gasteiger charge is -2.26. The van der Waals surface area contributed by atoms with E-state index in [4.69, 9.17) is 9.47 Å². The number of carbonyl (C=O) groups is 3. The van der Waals surface area contributed by atoms with Gasteiger partial charge < -0.3 is 19.3 Å². The maximum atomic E-state index is 12.2. The minimum absolute atomic E-state index is 0.109. The Labute approximate surface area is 212 Å². The Kier molecular flexibility index (Phi) is 14.9. The van der Waals surface area contributed by atoms with Crippen LogP contribution in [-0.4, -0.2) is 48.9 Å². The van der Waals surface area contributed by atoms with Crippen molar-refractivity contribution >= 4 is 17.9 Å². The lowest BCUT2D eigenvalue weighted by molar-refractivity contribution is -0.171. The number of aliphatic hydroxyl groups is 1. The summed E-state index contributed by atoms with van der Waals surface area (Å²) in [6.45, 7) is 4.77. The number of unbranched alkanes of at least 4 members (excludes halogenated alkanes) is 12. The molecule has 1 heterocycles. The summed E-state index contributed by atoms with van der Waals surface area (Å²) in [6, 6.07) is 0. The maximum Gasteiger partial charge on any atom is 0.334 e. The van der Waals surface area contributed by atoms with Crippen LogP contribution in [0.2, 0.25) is 0 Å². The molecule has 1 unspecified atom stereocenters. The summed E-state index contributed by atoms with van der Waals surface area (Å²) in [6.07, 6.45) is 17.7. The van der Waals surface area contributed by atoms with Gasteiger partial charge >= 0.3 is 17.9 Å². The molecule has 1 aliphatic rings. The Morgan fingerprint density at radius 1 is 0.943 bits per heavy atom. The van der Waals surface area contributed by atoms with Crippen LogP contribution in [0.25, 0.3) is 0 Å². The first-order valence-electron chi connectivity index (χ1n) is 13.4. The summed E-state index contributed by atoms with van der Waals surface area (Å²) < 4.78 is 15.3. The van der Waals surface area contributed by atoms with Gasteiger partial charge in [-0.15, -0.1) is 0 Å². The van der Waals surface area contributed by atoms with E-state index in [0.29, 0.717) is 12.0 Å². The lowest BCUT2D eigenvalue weighted by atomic mass is 9.96. The molecule has 1 fully saturated rings. The van der Waals surface area contributed by atoms with Crippen molar-refractivity contribution in [3.05, 3.63) is 11.6 Å². The number of aliphatic hydroxyl groups excluding tert-OH is 1. The highest BCUT2D eigenvalue weighted by atomic mass is 16.6. The summed E-state index contributed by atoms with van der Waals surface area (Å²) >= 11 is 0. The Hall–Kier alpha value is -1.89. The molecule has 0 aromatic carbocycles. The van der Waals surface area contributed by atoms with Crippen molar-refractivity contribution in [2.24, 2.45) is 5.41 Å². The first-order valence-corrected chi connectivity index (χ1v) is 13.4. The Bertz CT molecular complexity index is 677. The van der Waals surface area contributed by atoms with Crippen LogP contribution in [-0.2, 0) is 28.6 Å². The number of methoxy groups -OCH3 is 1. The third-order valence-electron chi connectivity index (χ3n) is 6.40. The topological polar surface area (TPSA) is 99.1 Å². The number of allylic oxidation sites excluding steroid dienone is 1. The minimum atomic E-state index is -1.16. The highest BCUT2D eigenvalue weighted by Crippen LogP contribution is 2.32. The molecule has 7 nitrogen and oxygen atoms in total. The van der Waals surface area contributed by atoms with Crippen LogP contribution in [0.4, 0.5) is 0 Å². The second-order valence-corrected chi connectivity index (χ2v) is 10.8. The van der Waals surface area contributed by atoms with E-state index in [1.54, 1.807) is 20.8 Å². The zero-order chi connectivity index (χ0) is 26.2. The number of carbonyl (C=O) groups excluding carboxylic acids is 3. The second-order valence-electron chi connectivity index (χ2n) is 10.8. The van der Waals surface area contributed by atoms with Crippen LogP contribution in [0.15, 0.2) is 11.6 Å². The molecule has 1 rings (SSSR count). The number of hydrogen-bond acceptors (Lipinski definition) is 7. The quantitative estimate of drug-likeness (QED) is 0.111. The van der Waals surface area contributed by atoms with Crippen molar-refractivity contribution in [1.82, 2.24) is 0 Å². The average Bonchev–Trinajstić information content (AvgIpc) is 3.14. The van der Waals surface area contributed by atoms with E-state index >= 15 is 0 Å². The van der Waals surface area contributed by atoms with Crippen molar-refractivity contribution in [2.75, 3.05) is 20.3 Å². The molecule has 1 aliphatic heterocycles. The molecule has 35 heavy (non-hydrogen) atoms. The summed E-state index contributed by atoms with van der Waals surface area (Å²) in [5.74, 6) is -0.914. The van der Waals surface area contributed by atoms with Crippen molar-refractivity contribution in [2.45, 2.75) is 123 Å². The standard InChI is InChI=1S/C28H48O7/c1-27(2,3)26(32)34-22-28(21-29)20-23(25(31)35-28)18-16-14-12-10-8-6-5-7-9-11-13-15-17-19-24(30)33-4/h18,29H,5-17,19-22H2,1-4H3/b23-18+. The normalized spacial score (nSPS) is 19.1. The van der Waals surface area contributed by atoms with Crippen LogP contribution >= 0.6 is 0 Å². The number of rotatable bonds is 18. The van der Waals surface area contributed by atoms with E-state index in [1.807, 2.05) is 6.08 Å². The van der Waals surface area contributed by atoms with Gasteiger partial charge in [0, 0.05) is 18.4 Å². The summed E-state index contributed by atoms with van der Waals surface area (Å²) in [5.41, 5.74) is -1.24. The van der Waals surface area contributed by atoms with E-state index in [9.17, 15) is 19.5 Å². The minimum Gasteiger partial charge on any atom is -0.469 e. The maximum absolute atomic E-state index is 12.2. The van der Waals surface area contributed by atoms with E-state index in [-0.39, 0.29) is 31.6 Å². The van der Waals surface area contributed by atoms with Gasteiger partial charge in [0.25, 0.3) is 0 Å². The van der Waals surface area contributed by atoms with E-state index in [1.165, 1.54) is 58.5 Å². The van der Waals surface area contributed by atoms with Crippen LogP contribution in [0.1, 0.15) is 117 Å². The Morgan fingerprint density at radius 3 is 1.94 bits per heavy atom. The van der Waals surface area contributed by atoms with Crippen LogP contribution in [0, 0.1) is 5.41 Å². The molecule has 0 aliphatic carbocycles. The predicted molar refractivity (Wildman–Crippen MR) is 136 cm³/mol. The largest absolute Gasteiger partial charge is 0.469 e. The molecular weight excluding hydrogens is 448 g/mol. The zero-order valence-corrected chi connectivity index (χ0v) is 22.5. The predicted octanol–water partition coefficient (Wildman–Crippen LogP) is 5.81. The van der Waals surface area contributed by atoms with Crippen LogP contribution in [0.5, 0.6) is 0 Å². The molecule has 7 heteroatoms. The molecule has 0 amide bonds. The van der Waals surface area contributed by atoms with Crippen molar-refractivity contribution in [1.29, 1.82) is 0 Å². The van der Waals surface area contributed by atoms with Gasteiger partial charge in [0.05, 0.1) is 19.1 Å². The van der Waals surface area contributed by atoms with Gasteiger partial charge in [-0.05, 0) is 40.0 Å². The first kappa shape index (κ1) is 31.1.